The standard InChI is InChI=1S/C8H5F5O/c9-5-1-2-6(10)7(3-5)14-4-8(11,12)13/h1-3H,4H2. The second-order valence-corrected chi connectivity index (χ2v) is 2.48. The first-order valence-corrected chi connectivity index (χ1v) is 3.53. The summed E-state index contributed by atoms with van der Waals surface area (Å²) in [6.45, 7) is -1.65. The van der Waals surface area contributed by atoms with E-state index in [2.05, 4.69) is 4.74 Å². The van der Waals surface area contributed by atoms with Crippen molar-refractivity contribution >= 4 is 0 Å². The molecule has 1 aromatic rings. The molecular weight excluding hydrogens is 207 g/mol. The number of halogens is 5. The minimum Gasteiger partial charge on any atom is -0.481 e. The van der Waals surface area contributed by atoms with Gasteiger partial charge in [0.25, 0.3) is 0 Å². The van der Waals surface area contributed by atoms with Gasteiger partial charge in [0.1, 0.15) is 5.82 Å². The smallest absolute Gasteiger partial charge is 0.422 e. The Labute approximate surface area is 76.1 Å². The molecule has 0 N–H and O–H groups in total. The molecule has 0 spiro atoms. The van der Waals surface area contributed by atoms with E-state index >= 15 is 0 Å². The molecule has 0 aromatic heterocycles. The Morgan fingerprint density at radius 1 is 1.14 bits per heavy atom. The highest BCUT2D eigenvalue weighted by Gasteiger charge is 2.28. The summed E-state index contributed by atoms with van der Waals surface area (Å²) in [5.41, 5.74) is 0. The molecule has 0 fully saturated rings. The molecule has 0 aliphatic rings. The Bertz CT molecular complexity index is 320. The number of hydrogen-bond donors (Lipinski definition) is 0. The van der Waals surface area contributed by atoms with E-state index in [0.717, 1.165) is 6.07 Å². The van der Waals surface area contributed by atoms with Crippen molar-refractivity contribution in [2.45, 2.75) is 6.18 Å². The molecule has 1 rings (SSSR count). The molecule has 0 amide bonds. The monoisotopic (exact) mass is 212 g/mol. The molecule has 0 saturated heterocycles. The molecule has 0 aliphatic carbocycles. The molecule has 0 unspecified atom stereocenters. The third-order valence-corrected chi connectivity index (χ3v) is 1.28. The lowest BCUT2D eigenvalue weighted by Gasteiger charge is -2.09. The topological polar surface area (TPSA) is 9.23 Å². The van der Waals surface area contributed by atoms with Gasteiger partial charge in [0.05, 0.1) is 0 Å². The van der Waals surface area contributed by atoms with Crippen LogP contribution in [-0.2, 0) is 0 Å². The van der Waals surface area contributed by atoms with E-state index in [9.17, 15) is 22.0 Å². The molecule has 0 atom stereocenters. The minimum absolute atomic E-state index is 0.557. The summed E-state index contributed by atoms with van der Waals surface area (Å²) in [7, 11) is 0. The van der Waals surface area contributed by atoms with E-state index in [-0.39, 0.29) is 0 Å². The van der Waals surface area contributed by atoms with E-state index in [1.54, 1.807) is 0 Å². The SMILES string of the molecule is Fc1ccc(F)c(OCC(F)(F)F)c1. The van der Waals surface area contributed by atoms with E-state index in [1.165, 1.54) is 0 Å². The summed E-state index contributed by atoms with van der Waals surface area (Å²) in [6, 6.07) is 2.04. The molecule has 1 aromatic carbocycles. The fraction of sp³-hybridized carbons (Fsp3) is 0.250. The van der Waals surface area contributed by atoms with Crippen LogP contribution in [0.4, 0.5) is 22.0 Å². The fourth-order valence-electron chi connectivity index (χ4n) is 0.747. The van der Waals surface area contributed by atoms with E-state index in [0.29, 0.717) is 12.1 Å². The zero-order valence-corrected chi connectivity index (χ0v) is 6.74. The predicted octanol–water partition coefficient (Wildman–Crippen LogP) is 2.91. The molecule has 0 heterocycles. The van der Waals surface area contributed by atoms with Gasteiger partial charge in [-0.05, 0) is 12.1 Å². The zero-order chi connectivity index (χ0) is 10.8. The summed E-state index contributed by atoms with van der Waals surface area (Å²) in [6.07, 6.45) is -4.57. The Kier molecular flexibility index (Phi) is 2.93. The van der Waals surface area contributed by atoms with Crippen LogP contribution >= 0.6 is 0 Å². The van der Waals surface area contributed by atoms with Gasteiger partial charge in [-0.3, -0.25) is 0 Å². The summed E-state index contributed by atoms with van der Waals surface area (Å²) in [4.78, 5) is 0. The number of rotatable bonds is 2. The van der Waals surface area contributed by atoms with Gasteiger partial charge in [0.2, 0.25) is 0 Å². The van der Waals surface area contributed by atoms with Gasteiger partial charge < -0.3 is 4.74 Å². The molecule has 0 bridgehead atoms. The van der Waals surface area contributed by atoms with Crippen molar-refractivity contribution < 1.29 is 26.7 Å². The van der Waals surface area contributed by atoms with Gasteiger partial charge in [-0.2, -0.15) is 13.2 Å². The van der Waals surface area contributed by atoms with Crippen molar-refractivity contribution in [1.82, 2.24) is 0 Å². The van der Waals surface area contributed by atoms with Gasteiger partial charge in [-0.15, -0.1) is 0 Å². The van der Waals surface area contributed by atoms with Crippen LogP contribution in [0.5, 0.6) is 5.75 Å². The third-order valence-electron chi connectivity index (χ3n) is 1.28. The van der Waals surface area contributed by atoms with Crippen molar-refractivity contribution in [3.8, 4) is 5.75 Å². The average molecular weight is 212 g/mol. The first-order valence-electron chi connectivity index (χ1n) is 3.53. The molecule has 78 valence electrons. The quantitative estimate of drug-likeness (QED) is 0.685. The summed E-state index contributed by atoms with van der Waals surface area (Å²) in [5, 5.41) is 0. The second-order valence-electron chi connectivity index (χ2n) is 2.48. The molecular formula is C8H5F5O. The molecule has 14 heavy (non-hydrogen) atoms. The van der Waals surface area contributed by atoms with Crippen LogP contribution in [0.15, 0.2) is 18.2 Å². The van der Waals surface area contributed by atoms with Crippen molar-refractivity contribution in [2.75, 3.05) is 6.61 Å². The van der Waals surface area contributed by atoms with Crippen molar-refractivity contribution in [1.29, 1.82) is 0 Å². The largest absolute Gasteiger partial charge is 0.481 e. The molecule has 0 saturated carbocycles. The molecule has 0 aliphatic heterocycles. The van der Waals surface area contributed by atoms with Crippen LogP contribution in [-0.4, -0.2) is 12.8 Å². The number of ether oxygens (including phenoxy) is 1. The van der Waals surface area contributed by atoms with E-state index < -0.39 is 30.2 Å². The Balaban J connectivity index is 2.72. The van der Waals surface area contributed by atoms with Crippen LogP contribution in [0.1, 0.15) is 0 Å². The van der Waals surface area contributed by atoms with E-state index in [4.69, 9.17) is 0 Å². The Hall–Kier alpha value is -1.33. The lowest BCUT2D eigenvalue weighted by atomic mass is 10.3. The summed E-state index contributed by atoms with van der Waals surface area (Å²) >= 11 is 0. The fourth-order valence-corrected chi connectivity index (χ4v) is 0.747. The first kappa shape index (κ1) is 10.7. The van der Waals surface area contributed by atoms with Gasteiger partial charge in [0.15, 0.2) is 18.2 Å². The average Bonchev–Trinajstić information content (AvgIpc) is 2.05. The lowest BCUT2D eigenvalue weighted by molar-refractivity contribution is -0.153. The molecule has 0 radical (unpaired) electrons. The van der Waals surface area contributed by atoms with Crippen LogP contribution < -0.4 is 4.74 Å². The normalized spacial score (nSPS) is 11.5. The van der Waals surface area contributed by atoms with Crippen molar-refractivity contribution in [2.24, 2.45) is 0 Å². The maximum Gasteiger partial charge on any atom is 0.422 e. The minimum atomic E-state index is -4.57. The highest BCUT2D eigenvalue weighted by Crippen LogP contribution is 2.21. The number of alkyl halides is 3. The summed E-state index contributed by atoms with van der Waals surface area (Å²) in [5.74, 6) is -2.64. The summed E-state index contributed by atoms with van der Waals surface area (Å²) < 4.78 is 64.1. The van der Waals surface area contributed by atoms with Gasteiger partial charge >= 0.3 is 6.18 Å². The predicted molar refractivity (Wildman–Crippen MR) is 37.9 cm³/mol. The third kappa shape index (κ3) is 3.20. The highest BCUT2D eigenvalue weighted by molar-refractivity contribution is 5.24. The van der Waals surface area contributed by atoms with Gasteiger partial charge in [0, 0.05) is 6.07 Å². The second kappa shape index (κ2) is 3.81. The van der Waals surface area contributed by atoms with Gasteiger partial charge in [-0.1, -0.05) is 0 Å². The van der Waals surface area contributed by atoms with Crippen LogP contribution in [0.25, 0.3) is 0 Å². The number of benzene rings is 1. The van der Waals surface area contributed by atoms with Crippen molar-refractivity contribution in [3.05, 3.63) is 29.8 Å². The zero-order valence-electron chi connectivity index (χ0n) is 6.74. The Morgan fingerprint density at radius 3 is 2.36 bits per heavy atom. The van der Waals surface area contributed by atoms with Crippen molar-refractivity contribution in [3.63, 3.8) is 0 Å². The van der Waals surface area contributed by atoms with E-state index in [1.807, 2.05) is 0 Å². The van der Waals surface area contributed by atoms with Crippen LogP contribution in [0.3, 0.4) is 0 Å². The Morgan fingerprint density at radius 2 is 1.79 bits per heavy atom. The lowest BCUT2D eigenvalue weighted by Crippen LogP contribution is -2.19. The maximum atomic E-state index is 12.7. The van der Waals surface area contributed by atoms with Crippen LogP contribution in [0, 0.1) is 11.6 Å². The highest BCUT2D eigenvalue weighted by atomic mass is 19.4. The van der Waals surface area contributed by atoms with Crippen LogP contribution in [0.2, 0.25) is 0 Å². The molecule has 1 nitrogen and oxygen atoms in total. The van der Waals surface area contributed by atoms with Gasteiger partial charge in [-0.25, -0.2) is 8.78 Å². The maximum absolute atomic E-state index is 12.7. The first-order chi connectivity index (χ1) is 6.38. The number of hydrogen-bond acceptors (Lipinski definition) is 1. The molecule has 6 heteroatoms.